The van der Waals surface area contributed by atoms with Crippen LogP contribution >= 0.6 is 0 Å². The third-order valence-corrected chi connectivity index (χ3v) is 4.24. The Labute approximate surface area is 160 Å². The highest BCUT2D eigenvalue weighted by molar-refractivity contribution is 5.75. The van der Waals surface area contributed by atoms with Crippen LogP contribution in [0.3, 0.4) is 0 Å². The maximum atomic E-state index is 12.0. The normalized spacial score (nSPS) is 10.6. The van der Waals surface area contributed by atoms with Crippen molar-refractivity contribution >= 4 is 5.91 Å². The second-order valence-corrected chi connectivity index (χ2v) is 6.60. The number of nitrogens with one attached hydrogen (secondary N) is 1. The quantitative estimate of drug-likeness (QED) is 0.590. The van der Waals surface area contributed by atoms with Crippen LogP contribution in [0.2, 0.25) is 0 Å². The number of ether oxygens (including phenoxy) is 1. The van der Waals surface area contributed by atoms with E-state index in [1.54, 1.807) is 12.5 Å². The van der Waals surface area contributed by atoms with Gasteiger partial charge in [-0.3, -0.25) is 4.79 Å². The highest BCUT2D eigenvalue weighted by atomic mass is 16.5. The molecule has 0 saturated carbocycles. The minimum absolute atomic E-state index is 0.0466. The predicted molar refractivity (Wildman–Crippen MR) is 106 cm³/mol. The Morgan fingerprint density at radius 3 is 2.70 bits per heavy atom. The fourth-order valence-corrected chi connectivity index (χ4v) is 2.77. The summed E-state index contributed by atoms with van der Waals surface area (Å²) in [5.74, 6) is 0.900. The molecule has 0 saturated heterocycles. The summed E-state index contributed by atoms with van der Waals surface area (Å²) < 4.78 is 7.69. The van der Waals surface area contributed by atoms with Gasteiger partial charge in [-0.1, -0.05) is 36.4 Å². The minimum atomic E-state index is 0.0466. The molecular weight excluding hydrogens is 338 g/mol. The van der Waals surface area contributed by atoms with Crippen LogP contribution in [0, 0.1) is 6.92 Å². The van der Waals surface area contributed by atoms with E-state index in [9.17, 15) is 4.79 Å². The van der Waals surface area contributed by atoms with Gasteiger partial charge in [0, 0.05) is 31.9 Å². The van der Waals surface area contributed by atoms with E-state index in [1.165, 1.54) is 11.1 Å². The zero-order valence-electron chi connectivity index (χ0n) is 15.6. The Morgan fingerprint density at radius 1 is 1.15 bits per heavy atom. The highest BCUT2D eigenvalue weighted by Crippen LogP contribution is 2.12. The Bertz CT molecular complexity index is 842. The molecule has 3 aromatic rings. The average Bonchev–Trinajstić information content (AvgIpc) is 3.18. The third kappa shape index (κ3) is 6.29. The molecule has 0 bridgehead atoms. The van der Waals surface area contributed by atoms with Gasteiger partial charge in [0.25, 0.3) is 0 Å². The lowest BCUT2D eigenvalue weighted by Crippen LogP contribution is -2.23. The molecule has 0 spiro atoms. The minimum Gasteiger partial charge on any atom is -0.494 e. The molecule has 0 atom stereocenters. The lowest BCUT2D eigenvalue weighted by Gasteiger charge is -2.08. The number of aromatic nitrogens is 2. The van der Waals surface area contributed by atoms with E-state index in [1.807, 2.05) is 54.1 Å². The van der Waals surface area contributed by atoms with Crippen LogP contribution in [0.1, 0.15) is 29.5 Å². The highest BCUT2D eigenvalue weighted by Gasteiger charge is 2.03. The van der Waals surface area contributed by atoms with Crippen molar-refractivity contribution in [3.63, 3.8) is 0 Å². The SMILES string of the molecule is Cc1cccc(OCCCC(=O)NCc2ccc(Cn3ccnc3)cc2)c1. The van der Waals surface area contributed by atoms with Crippen molar-refractivity contribution in [1.82, 2.24) is 14.9 Å². The van der Waals surface area contributed by atoms with Gasteiger partial charge in [-0.2, -0.15) is 0 Å². The molecule has 5 heteroatoms. The van der Waals surface area contributed by atoms with Gasteiger partial charge < -0.3 is 14.6 Å². The Balaban J connectivity index is 1.34. The molecule has 0 aliphatic rings. The first-order chi connectivity index (χ1) is 13.2. The lowest BCUT2D eigenvalue weighted by molar-refractivity contribution is -0.121. The molecule has 2 aromatic carbocycles. The number of benzene rings is 2. The standard InChI is InChI=1S/C22H25N3O2/c1-18-4-2-5-21(14-18)27-13-3-6-22(26)24-15-19-7-9-20(10-8-19)16-25-12-11-23-17-25/h2,4-5,7-12,14,17H,3,6,13,15-16H2,1H3,(H,24,26). The van der Waals surface area contributed by atoms with Gasteiger partial charge in [-0.05, 0) is 42.2 Å². The van der Waals surface area contributed by atoms with E-state index >= 15 is 0 Å². The number of hydrogen-bond acceptors (Lipinski definition) is 3. The van der Waals surface area contributed by atoms with Crippen LogP contribution in [0.25, 0.3) is 0 Å². The maximum absolute atomic E-state index is 12.0. The van der Waals surface area contributed by atoms with Crippen molar-refractivity contribution in [2.75, 3.05) is 6.61 Å². The Morgan fingerprint density at radius 2 is 1.96 bits per heavy atom. The van der Waals surface area contributed by atoms with E-state index in [4.69, 9.17) is 4.74 Å². The summed E-state index contributed by atoms with van der Waals surface area (Å²) in [7, 11) is 0. The number of carbonyl (C=O) groups is 1. The summed E-state index contributed by atoms with van der Waals surface area (Å²) in [4.78, 5) is 16.0. The van der Waals surface area contributed by atoms with Crippen molar-refractivity contribution in [3.8, 4) is 5.75 Å². The molecule has 1 N–H and O–H groups in total. The number of imidazole rings is 1. The van der Waals surface area contributed by atoms with Gasteiger partial charge in [-0.25, -0.2) is 4.98 Å². The van der Waals surface area contributed by atoms with Crippen molar-refractivity contribution in [3.05, 3.63) is 83.9 Å². The molecule has 0 unspecified atom stereocenters. The van der Waals surface area contributed by atoms with E-state index in [0.717, 1.165) is 17.9 Å². The molecule has 1 heterocycles. The molecular formula is C22H25N3O2. The number of rotatable bonds is 9. The first kappa shape index (κ1) is 18.7. The maximum Gasteiger partial charge on any atom is 0.220 e. The second-order valence-electron chi connectivity index (χ2n) is 6.60. The van der Waals surface area contributed by atoms with Crippen LogP contribution in [0.15, 0.2) is 67.3 Å². The first-order valence-electron chi connectivity index (χ1n) is 9.19. The van der Waals surface area contributed by atoms with E-state index in [2.05, 4.69) is 22.4 Å². The fraction of sp³-hybridized carbons (Fsp3) is 0.273. The number of hydrogen-bond donors (Lipinski definition) is 1. The van der Waals surface area contributed by atoms with Crippen LogP contribution in [0.4, 0.5) is 0 Å². The van der Waals surface area contributed by atoms with Crippen LogP contribution < -0.4 is 10.1 Å². The number of amides is 1. The zero-order chi connectivity index (χ0) is 18.9. The molecule has 0 radical (unpaired) electrons. The van der Waals surface area contributed by atoms with Gasteiger partial charge in [0.15, 0.2) is 0 Å². The fourth-order valence-electron chi connectivity index (χ4n) is 2.77. The van der Waals surface area contributed by atoms with Crippen LogP contribution in [0.5, 0.6) is 5.75 Å². The molecule has 0 fully saturated rings. The van der Waals surface area contributed by atoms with Gasteiger partial charge in [0.2, 0.25) is 5.91 Å². The Kier molecular flexibility index (Phi) is 6.63. The summed E-state index contributed by atoms with van der Waals surface area (Å²) in [6, 6.07) is 16.2. The van der Waals surface area contributed by atoms with Gasteiger partial charge in [-0.15, -0.1) is 0 Å². The second kappa shape index (κ2) is 9.57. The molecule has 27 heavy (non-hydrogen) atoms. The number of nitrogens with zero attached hydrogens (tertiary/aromatic N) is 2. The zero-order valence-corrected chi connectivity index (χ0v) is 15.6. The topological polar surface area (TPSA) is 56.1 Å². The van der Waals surface area contributed by atoms with Crippen molar-refractivity contribution in [1.29, 1.82) is 0 Å². The summed E-state index contributed by atoms with van der Waals surface area (Å²) in [5, 5.41) is 2.96. The average molecular weight is 363 g/mol. The molecule has 5 nitrogen and oxygen atoms in total. The first-order valence-corrected chi connectivity index (χ1v) is 9.19. The third-order valence-electron chi connectivity index (χ3n) is 4.24. The molecule has 1 amide bonds. The monoisotopic (exact) mass is 363 g/mol. The van der Waals surface area contributed by atoms with E-state index in [-0.39, 0.29) is 5.91 Å². The van der Waals surface area contributed by atoms with E-state index < -0.39 is 0 Å². The summed E-state index contributed by atoms with van der Waals surface area (Å²) >= 11 is 0. The van der Waals surface area contributed by atoms with Crippen molar-refractivity contribution < 1.29 is 9.53 Å². The van der Waals surface area contributed by atoms with Gasteiger partial charge in [0.05, 0.1) is 12.9 Å². The van der Waals surface area contributed by atoms with Crippen molar-refractivity contribution in [2.24, 2.45) is 0 Å². The summed E-state index contributed by atoms with van der Waals surface area (Å²) in [6.45, 7) is 3.92. The van der Waals surface area contributed by atoms with Crippen molar-refractivity contribution in [2.45, 2.75) is 32.9 Å². The summed E-state index contributed by atoms with van der Waals surface area (Å²) in [5.41, 5.74) is 3.46. The largest absolute Gasteiger partial charge is 0.494 e. The van der Waals surface area contributed by atoms with Crippen LogP contribution in [-0.4, -0.2) is 22.1 Å². The molecule has 0 aliphatic heterocycles. The lowest BCUT2D eigenvalue weighted by atomic mass is 10.1. The molecule has 140 valence electrons. The van der Waals surface area contributed by atoms with Gasteiger partial charge >= 0.3 is 0 Å². The smallest absolute Gasteiger partial charge is 0.220 e. The number of aryl methyl sites for hydroxylation is 1. The van der Waals surface area contributed by atoms with E-state index in [0.29, 0.717) is 26.0 Å². The molecule has 0 aliphatic carbocycles. The van der Waals surface area contributed by atoms with Gasteiger partial charge in [0.1, 0.15) is 5.75 Å². The molecule has 1 aromatic heterocycles. The molecule has 3 rings (SSSR count). The Hall–Kier alpha value is -3.08. The predicted octanol–water partition coefficient (Wildman–Crippen LogP) is 3.72. The summed E-state index contributed by atoms with van der Waals surface area (Å²) in [6.07, 6.45) is 6.68. The van der Waals surface area contributed by atoms with Crippen LogP contribution in [-0.2, 0) is 17.9 Å². The number of carbonyl (C=O) groups excluding carboxylic acids is 1.